The molecule has 18 heavy (non-hydrogen) atoms. The first-order valence-electron chi connectivity index (χ1n) is 7.44. The molecule has 2 fully saturated rings. The van der Waals surface area contributed by atoms with E-state index in [0.29, 0.717) is 11.5 Å². The van der Waals surface area contributed by atoms with Gasteiger partial charge in [-0.3, -0.25) is 4.90 Å². The predicted octanol–water partition coefficient (Wildman–Crippen LogP) is 2.28. The van der Waals surface area contributed by atoms with Crippen molar-refractivity contribution in [3.8, 4) is 0 Å². The van der Waals surface area contributed by atoms with Crippen LogP contribution in [0, 0.1) is 11.3 Å². The number of likely N-dealkylation sites (N-methyl/N-ethyl adjacent to an activating group) is 1. The normalized spacial score (nSPS) is 31.8. The molecule has 3 nitrogen and oxygen atoms in total. The number of ether oxygens (including phenoxy) is 1. The zero-order valence-electron chi connectivity index (χ0n) is 12.2. The molecule has 3 heteroatoms. The molecule has 2 saturated carbocycles. The van der Waals surface area contributed by atoms with Crippen molar-refractivity contribution in [2.45, 2.75) is 58.1 Å². The lowest BCUT2D eigenvalue weighted by atomic mass is 9.73. The highest BCUT2D eigenvalue weighted by Crippen LogP contribution is 2.37. The maximum absolute atomic E-state index is 10.1. The lowest BCUT2D eigenvalue weighted by Gasteiger charge is -2.42. The molecule has 2 aliphatic rings. The molecule has 0 spiro atoms. The van der Waals surface area contributed by atoms with Gasteiger partial charge in [-0.15, -0.1) is 0 Å². The number of hydrogen-bond acceptors (Lipinski definition) is 3. The van der Waals surface area contributed by atoms with E-state index in [4.69, 9.17) is 4.74 Å². The summed E-state index contributed by atoms with van der Waals surface area (Å²) in [4.78, 5) is 2.29. The molecule has 0 aromatic carbocycles. The van der Waals surface area contributed by atoms with Gasteiger partial charge in [0.15, 0.2) is 0 Å². The number of nitrogens with zero attached hydrogens (tertiary/aromatic N) is 1. The summed E-state index contributed by atoms with van der Waals surface area (Å²) in [6, 6.07) is 0.304. The molecule has 0 aliphatic heterocycles. The van der Waals surface area contributed by atoms with Gasteiger partial charge in [0, 0.05) is 19.2 Å². The predicted molar refractivity (Wildman–Crippen MR) is 73.6 cm³/mol. The summed E-state index contributed by atoms with van der Waals surface area (Å²) in [6.45, 7) is 7.29. The molecule has 2 rings (SSSR count). The van der Waals surface area contributed by atoms with Gasteiger partial charge in [0.05, 0.1) is 12.7 Å². The summed E-state index contributed by atoms with van der Waals surface area (Å²) in [5.74, 6) is 0.842. The van der Waals surface area contributed by atoms with Crippen LogP contribution in [-0.4, -0.2) is 49.0 Å². The Morgan fingerprint density at radius 3 is 2.67 bits per heavy atom. The molecule has 0 saturated heterocycles. The van der Waals surface area contributed by atoms with Crippen molar-refractivity contribution in [3.63, 3.8) is 0 Å². The monoisotopic (exact) mass is 255 g/mol. The van der Waals surface area contributed by atoms with E-state index in [9.17, 15) is 5.11 Å². The molecular weight excluding hydrogens is 226 g/mol. The third-order valence-electron chi connectivity index (χ3n) is 4.53. The highest BCUT2D eigenvalue weighted by molar-refractivity contribution is 4.89. The average Bonchev–Trinajstić information content (AvgIpc) is 3.11. The molecule has 106 valence electrons. The van der Waals surface area contributed by atoms with Crippen LogP contribution in [0.5, 0.6) is 0 Å². The summed E-state index contributed by atoms with van der Waals surface area (Å²) < 4.78 is 5.68. The summed E-state index contributed by atoms with van der Waals surface area (Å²) in [6.07, 6.45) is 5.71. The van der Waals surface area contributed by atoms with Crippen LogP contribution in [0.1, 0.15) is 46.0 Å². The van der Waals surface area contributed by atoms with Gasteiger partial charge in [-0.05, 0) is 50.5 Å². The Morgan fingerprint density at radius 1 is 1.28 bits per heavy atom. The lowest BCUT2D eigenvalue weighted by molar-refractivity contribution is -0.0171. The van der Waals surface area contributed by atoms with Crippen molar-refractivity contribution < 1.29 is 9.84 Å². The molecule has 1 N–H and O–H groups in total. The van der Waals surface area contributed by atoms with Crippen molar-refractivity contribution >= 4 is 0 Å². The zero-order valence-corrected chi connectivity index (χ0v) is 12.2. The van der Waals surface area contributed by atoms with Crippen LogP contribution in [0.15, 0.2) is 0 Å². The molecule has 2 atom stereocenters. The van der Waals surface area contributed by atoms with Crippen LogP contribution in [0.2, 0.25) is 0 Å². The Morgan fingerprint density at radius 2 is 2.00 bits per heavy atom. The average molecular weight is 255 g/mol. The molecule has 0 radical (unpaired) electrons. The summed E-state index contributed by atoms with van der Waals surface area (Å²) in [5.41, 5.74) is 0.368. The summed E-state index contributed by atoms with van der Waals surface area (Å²) >= 11 is 0. The topological polar surface area (TPSA) is 32.7 Å². The van der Waals surface area contributed by atoms with Crippen LogP contribution in [0.3, 0.4) is 0 Å². The number of rotatable bonds is 6. The number of aliphatic hydroxyl groups is 1. The van der Waals surface area contributed by atoms with E-state index in [1.807, 2.05) is 0 Å². The quantitative estimate of drug-likeness (QED) is 0.739. The van der Waals surface area contributed by atoms with Crippen molar-refractivity contribution in [3.05, 3.63) is 0 Å². The molecule has 0 aromatic heterocycles. The Hall–Kier alpha value is -0.120. The van der Waals surface area contributed by atoms with Gasteiger partial charge >= 0.3 is 0 Å². The van der Waals surface area contributed by atoms with Crippen LogP contribution < -0.4 is 0 Å². The second-order valence-corrected chi connectivity index (χ2v) is 7.04. The first-order chi connectivity index (χ1) is 8.48. The van der Waals surface area contributed by atoms with E-state index in [1.54, 1.807) is 0 Å². The Balaban J connectivity index is 1.69. The highest BCUT2D eigenvalue weighted by Gasteiger charge is 2.35. The van der Waals surface area contributed by atoms with Crippen molar-refractivity contribution in [2.75, 3.05) is 26.8 Å². The minimum atomic E-state index is -0.161. The van der Waals surface area contributed by atoms with Crippen LogP contribution in [0.25, 0.3) is 0 Å². The Labute approximate surface area is 112 Å². The highest BCUT2D eigenvalue weighted by atomic mass is 16.5. The third kappa shape index (κ3) is 4.22. The molecule has 2 unspecified atom stereocenters. The smallest absolute Gasteiger partial charge is 0.0695 e. The lowest BCUT2D eigenvalue weighted by Crippen LogP contribution is -2.48. The minimum absolute atomic E-state index is 0.161. The van der Waals surface area contributed by atoms with Gasteiger partial charge in [-0.2, -0.15) is 0 Å². The van der Waals surface area contributed by atoms with Gasteiger partial charge in [-0.1, -0.05) is 13.8 Å². The van der Waals surface area contributed by atoms with Crippen LogP contribution >= 0.6 is 0 Å². The zero-order chi connectivity index (χ0) is 13.2. The van der Waals surface area contributed by atoms with Crippen molar-refractivity contribution in [2.24, 2.45) is 11.3 Å². The maximum Gasteiger partial charge on any atom is 0.0695 e. The van der Waals surface area contributed by atoms with Crippen molar-refractivity contribution in [1.82, 2.24) is 4.90 Å². The van der Waals surface area contributed by atoms with Crippen LogP contribution in [-0.2, 0) is 4.74 Å². The fraction of sp³-hybridized carbons (Fsp3) is 1.00. The Bertz CT molecular complexity index is 263. The fourth-order valence-corrected chi connectivity index (χ4v) is 2.89. The van der Waals surface area contributed by atoms with Gasteiger partial charge in [0.2, 0.25) is 0 Å². The molecule has 2 aliphatic carbocycles. The van der Waals surface area contributed by atoms with Crippen LogP contribution in [0.4, 0.5) is 0 Å². The van der Waals surface area contributed by atoms with Gasteiger partial charge < -0.3 is 9.84 Å². The van der Waals surface area contributed by atoms with Gasteiger partial charge in [0.25, 0.3) is 0 Å². The van der Waals surface area contributed by atoms with E-state index >= 15 is 0 Å². The summed E-state index contributed by atoms with van der Waals surface area (Å²) in [5, 5.41) is 10.1. The van der Waals surface area contributed by atoms with E-state index in [0.717, 1.165) is 44.9 Å². The maximum atomic E-state index is 10.1. The molecular formula is C15H29NO2. The van der Waals surface area contributed by atoms with E-state index < -0.39 is 0 Å². The largest absolute Gasteiger partial charge is 0.391 e. The fourth-order valence-electron chi connectivity index (χ4n) is 2.89. The SMILES string of the molecule is CN(CCOCC1CC1)C1CC(C)(C)CCC1O. The molecule has 0 aromatic rings. The summed E-state index contributed by atoms with van der Waals surface area (Å²) in [7, 11) is 2.12. The number of aliphatic hydroxyl groups excluding tert-OH is 1. The van der Waals surface area contributed by atoms with Crippen molar-refractivity contribution in [1.29, 1.82) is 0 Å². The van der Waals surface area contributed by atoms with Gasteiger partial charge in [-0.25, -0.2) is 0 Å². The van der Waals surface area contributed by atoms with E-state index in [1.165, 1.54) is 12.8 Å². The molecule has 0 heterocycles. The molecule has 0 bridgehead atoms. The standard InChI is InChI=1S/C15H29NO2/c1-15(2)7-6-14(17)13(10-15)16(3)8-9-18-11-12-4-5-12/h12-14,17H,4-11H2,1-3H3. The second kappa shape index (κ2) is 5.89. The first kappa shape index (κ1) is 14.3. The minimum Gasteiger partial charge on any atom is -0.391 e. The van der Waals surface area contributed by atoms with Gasteiger partial charge in [0.1, 0.15) is 0 Å². The number of hydrogen-bond donors (Lipinski definition) is 1. The third-order valence-corrected chi connectivity index (χ3v) is 4.53. The van der Waals surface area contributed by atoms with E-state index in [-0.39, 0.29) is 6.10 Å². The second-order valence-electron chi connectivity index (χ2n) is 7.04. The van der Waals surface area contributed by atoms with E-state index in [2.05, 4.69) is 25.8 Å². The first-order valence-corrected chi connectivity index (χ1v) is 7.44. The molecule has 0 amide bonds. The Kier molecular flexibility index (Phi) is 4.68.